The van der Waals surface area contributed by atoms with Crippen LogP contribution in [0.2, 0.25) is 0 Å². The van der Waals surface area contributed by atoms with E-state index >= 15 is 0 Å². The molecule has 0 saturated carbocycles. The molecule has 0 saturated heterocycles. The van der Waals surface area contributed by atoms with Crippen molar-refractivity contribution >= 4 is 21.6 Å². The van der Waals surface area contributed by atoms with Gasteiger partial charge in [-0.1, -0.05) is 0 Å². The normalized spacial score (nSPS) is 10.9. The minimum Gasteiger partial charge on any atom is -0.235 e. The summed E-state index contributed by atoms with van der Waals surface area (Å²) in [6.45, 7) is 0. The van der Waals surface area contributed by atoms with Crippen molar-refractivity contribution in [3.05, 3.63) is 47.6 Å². The van der Waals surface area contributed by atoms with Gasteiger partial charge in [-0.3, -0.25) is 0 Å². The molecule has 2 heterocycles. The smallest absolute Gasteiger partial charge is 0.135 e. The number of thiophene rings is 1. The fraction of sp³-hybridized carbons (Fsp3) is 0. The maximum absolute atomic E-state index is 13.7. The van der Waals surface area contributed by atoms with E-state index in [-0.39, 0.29) is 0 Å². The van der Waals surface area contributed by atoms with Crippen LogP contribution in [0.1, 0.15) is 0 Å². The summed E-state index contributed by atoms with van der Waals surface area (Å²) in [6.07, 6.45) is 1.38. The minimum absolute atomic E-state index is 0.293. The molecule has 84 valence electrons. The highest BCUT2D eigenvalue weighted by molar-refractivity contribution is 7.17. The van der Waals surface area contributed by atoms with E-state index in [9.17, 15) is 8.78 Å². The molecule has 0 aliphatic heterocycles. The molecule has 17 heavy (non-hydrogen) atoms. The van der Waals surface area contributed by atoms with E-state index < -0.39 is 11.6 Å². The van der Waals surface area contributed by atoms with E-state index in [4.69, 9.17) is 0 Å². The Bertz CT molecular complexity index is 694. The van der Waals surface area contributed by atoms with E-state index in [0.29, 0.717) is 11.3 Å². The zero-order valence-corrected chi connectivity index (χ0v) is 9.34. The number of aromatic nitrogens is 2. The minimum atomic E-state index is -0.613. The first-order chi connectivity index (χ1) is 8.25. The standard InChI is InChI=1S/C12H6F2N2S/c13-7-1-2-8(9(14)5-7)11-12-10(3-4-17-12)15-6-16-11/h1-6H. The van der Waals surface area contributed by atoms with Gasteiger partial charge in [0.2, 0.25) is 0 Å². The number of hydrogen-bond donors (Lipinski definition) is 0. The van der Waals surface area contributed by atoms with Gasteiger partial charge in [0.25, 0.3) is 0 Å². The highest BCUT2D eigenvalue weighted by Crippen LogP contribution is 2.30. The Balaban J connectivity index is 2.30. The molecule has 0 amide bonds. The van der Waals surface area contributed by atoms with Crippen molar-refractivity contribution in [3.8, 4) is 11.3 Å². The van der Waals surface area contributed by atoms with Gasteiger partial charge >= 0.3 is 0 Å². The zero-order valence-electron chi connectivity index (χ0n) is 8.52. The summed E-state index contributed by atoms with van der Waals surface area (Å²) < 4.78 is 27.3. The average Bonchev–Trinajstić information content (AvgIpc) is 2.77. The van der Waals surface area contributed by atoms with Gasteiger partial charge in [-0.05, 0) is 23.6 Å². The fourth-order valence-electron chi connectivity index (χ4n) is 1.66. The Labute approximate surface area is 99.6 Å². The summed E-state index contributed by atoms with van der Waals surface area (Å²) in [5.74, 6) is -1.21. The molecular formula is C12H6F2N2S. The topological polar surface area (TPSA) is 25.8 Å². The van der Waals surface area contributed by atoms with Gasteiger partial charge in [-0.2, -0.15) is 0 Å². The Kier molecular flexibility index (Phi) is 2.33. The highest BCUT2D eigenvalue weighted by atomic mass is 32.1. The van der Waals surface area contributed by atoms with Gasteiger partial charge in [0.05, 0.1) is 15.9 Å². The quantitative estimate of drug-likeness (QED) is 0.657. The van der Waals surface area contributed by atoms with E-state index in [1.807, 2.05) is 11.4 Å². The lowest BCUT2D eigenvalue weighted by Crippen LogP contribution is -1.90. The van der Waals surface area contributed by atoms with Crippen molar-refractivity contribution in [2.75, 3.05) is 0 Å². The van der Waals surface area contributed by atoms with Crippen molar-refractivity contribution in [1.29, 1.82) is 0 Å². The molecule has 0 N–H and O–H groups in total. The molecule has 0 aliphatic carbocycles. The number of rotatable bonds is 1. The van der Waals surface area contributed by atoms with E-state index in [0.717, 1.165) is 16.3 Å². The van der Waals surface area contributed by atoms with Crippen molar-refractivity contribution < 1.29 is 8.78 Å². The van der Waals surface area contributed by atoms with Crippen molar-refractivity contribution in [2.24, 2.45) is 0 Å². The molecule has 0 unspecified atom stereocenters. The number of benzene rings is 1. The molecule has 3 aromatic rings. The first-order valence-corrected chi connectivity index (χ1v) is 5.77. The molecule has 0 bridgehead atoms. The molecule has 0 atom stereocenters. The third-order valence-corrected chi connectivity index (χ3v) is 3.34. The highest BCUT2D eigenvalue weighted by Gasteiger charge is 2.12. The molecule has 0 fully saturated rings. The van der Waals surface area contributed by atoms with Gasteiger partial charge in [-0.15, -0.1) is 11.3 Å². The molecule has 2 aromatic heterocycles. The molecule has 0 spiro atoms. The van der Waals surface area contributed by atoms with Crippen LogP contribution in [0.15, 0.2) is 36.0 Å². The largest absolute Gasteiger partial charge is 0.235 e. The summed E-state index contributed by atoms with van der Waals surface area (Å²) in [6, 6.07) is 5.32. The van der Waals surface area contributed by atoms with E-state index in [1.54, 1.807) is 0 Å². The van der Waals surface area contributed by atoms with Gasteiger partial charge in [0, 0.05) is 11.6 Å². The summed E-state index contributed by atoms with van der Waals surface area (Å²) >= 11 is 1.44. The zero-order chi connectivity index (χ0) is 11.8. The van der Waals surface area contributed by atoms with E-state index in [1.165, 1.54) is 29.8 Å². The Hall–Kier alpha value is -1.88. The number of fused-ring (bicyclic) bond motifs is 1. The van der Waals surface area contributed by atoms with Gasteiger partial charge < -0.3 is 0 Å². The Morgan fingerprint density at radius 1 is 1.06 bits per heavy atom. The fourth-order valence-corrected chi connectivity index (χ4v) is 2.51. The number of hydrogen-bond acceptors (Lipinski definition) is 3. The van der Waals surface area contributed by atoms with Crippen LogP contribution in [-0.2, 0) is 0 Å². The Morgan fingerprint density at radius 3 is 2.76 bits per heavy atom. The summed E-state index contributed by atoms with van der Waals surface area (Å²) in [7, 11) is 0. The molecule has 0 aliphatic rings. The van der Waals surface area contributed by atoms with Crippen molar-refractivity contribution in [3.63, 3.8) is 0 Å². The predicted octanol–water partition coefficient (Wildman–Crippen LogP) is 3.64. The maximum Gasteiger partial charge on any atom is 0.135 e. The number of nitrogens with zero attached hydrogens (tertiary/aromatic N) is 2. The van der Waals surface area contributed by atoms with Crippen LogP contribution in [0.5, 0.6) is 0 Å². The predicted molar refractivity (Wildman–Crippen MR) is 62.8 cm³/mol. The van der Waals surface area contributed by atoms with Crippen LogP contribution in [-0.4, -0.2) is 9.97 Å². The maximum atomic E-state index is 13.7. The molecule has 3 rings (SSSR count). The average molecular weight is 248 g/mol. The lowest BCUT2D eigenvalue weighted by molar-refractivity contribution is 0.585. The van der Waals surface area contributed by atoms with Crippen LogP contribution >= 0.6 is 11.3 Å². The molecular weight excluding hydrogens is 242 g/mol. The SMILES string of the molecule is Fc1ccc(-c2ncnc3ccsc23)c(F)c1. The second-order valence-corrected chi connectivity index (χ2v) is 4.40. The third-order valence-electron chi connectivity index (χ3n) is 2.43. The molecule has 1 aromatic carbocycles. The first kappa shape index (κ1) is 10.3. The van der Waals surface area contributed by atoms with Crippen molar-refractivity contribution in [1.82, 2.24) is 9.97 Å². The molecule has 0 radical (unpaired) electrons. The molecule has 2 nitrogen and oxygen atoms in total. The second kappa shape index (κ2) is 3.85. The Morgan fingerprint density at radius 2 is 1.94 bits per heavy atom. The first-order valence-electron chi connectivity index (χ1n) is 4.89. The van der Waals surface area contributed by atoms with E-state index in [2.05, 4.69) is 9.97 Å². The van der Waals surface area contributed by atoms with Crippen LogP contribution in [0.4, 0.5) is 8.78 Å². The third kappa shape index (κ3) is 1.68. The molecule has 5 heteroatoms. The summed E-state index contributed by atoms with van der Waals surface area (Å²) in [4.78, 5) is 8.15. The lowest BCUT2D eigenvalue weighted by Gasteiger charge is -2.03. The lowest BCUT2D eigenvalue weighted by atomic mass is 10.1. The van der Waals surface area contributed by atoms with Crippen LogP contribution < -0.4 is 0 Å². The summed E-state index contributed by atoms with van der Waals surface area (Å²) in [5, 5.41) is 1.87. The monoisotopic (exact) mass is 248 g/mol. The second-order valence-electron chi connectivity index (χ2n) is 3.48. The van der Waals surface area contributed by atoms with Crippen LogP contribution in [0.3, 0.4) is 0 Å². The van der Waals surface area contributed by atoms with Gasteiger partial charge in [0.15, 0.2) is 0 Å². The van der Waals surface area contributed by atoms with Crippen molar-refractivity contribution in [2.45, 2.75) is 0 Å². The van der Waals surface area contributed by atoms with Crippen LogP contribution in [0, 0.1) is 11.6 Å². The van der Waals surface area contributed by atoms with Gasteiger partial charge in [0.1, 0.15) is 18.0 Å². The van der Waals surface area contributed by atoms with Gasteiger partial charge in [-0.25, -0.2) is 18.7 Å². The summed E-state index contributed by atoms with van der Waals surface area (Å²) in [5.41, 5.74) is 1.56. The number of halogens is 2. The van der Waals surface area contributed by atoms with Crippen LogP contribution in [0.25, 0.3) is 21.5 Å².